The Morgan fingerprint density at radius 1 is 1.28 bits per heavy atom. The smallest absolute Gasteiger partial charge is 0.0882 e. The minimum atomic E-state index is 0.411. The summed E-state index contributed by atoms with van der Waals surface area (Å²) in [4.78, 5) is 9.34. The van der Waals surface area contributed by atoms with E-state index in [4.69, 9.17) is 4.99 Å². The van der Waals surface area contributed by atoms with Gasteiger partial charge in [-0.25, -0.2) is 0 Å². The van der Waals surface area contributed by atoms with Crippen molar-refractivity contribution in [1.82, 2.24) is 4.98 Å². The number of nitrogens with zero attached hydrogens (tertiary/aromatic N) is 2. The van der Waals surface area contributed by atoms with Crippen molar-refractivity contribution in [3.05, 3.63) is 41.2 Å². The molecule has 2 aliphatic rings. The quantitative estimate of drug-likeness (QED) is 0.791. The Kier molecular flexibility index (Phi) is 3.02. The second-order valence-electron chi connectivity index (χ2n) is 5.43. The van der Waals surface area contributed by atoms with Gasteiger partial charge in [-0.05, 0) is 55.4 Å². The maximum Gasteiger partial charge on any atom is 0.0882 e. The number of hydrogen-bond donors (Lipinski definition) is 0. The third kappa shape index (κ3) is 2.00. The van der Waals surface area contributed by atoms with Crippen LogP contribution < -0.4 is 0 Å². The average Bonchev–Trinajstić information content (AvgIpc) is 2.72. The number of allylic oxidation sites excluding steroid dienone is 1. The third-order valence-corrected chi connectivity index (χ3v) is 4.12. The van der Waals surface area contributed by atoms with E-state index in [-0.39, 0.29) is 0 Å². The van der Waals surface area contributed by atoms with E-state index in [1.807, 2.05) is 6.20 Å². The Bertz CT molecular complexity index is 492. The van der Waals surface area contributed by atoms with Gasteiger partial charge in [0.15, 0.2) is 0 Å². The van der Waals surface area contributed by atoms with Gasteiger partial charge in [0.25, 0.3) is 0 Å². The van der Waals surface area contributed by atoms with Crippen LogP contribution in [0, 0.1) is 12.8 Å². The Morgan fingerprint density at radius 2 is 2.11 bits per heavy atom. The van der Waals surface area contributed by atoms with Gasteiger partial charge in [0, 0.05) is 6.20 Å². The number of aryl methyl sites for hydroxylation is 1. The molecule has 1 unspecified atom stereocenters. The lowest BCUT2D eigenvalue weighted by atomic mass is 9.77. The van der Waals surface area contributed by atoms with Crippen molar-refractivity contribution in [1.29, 1.82) is 0 Å². The van der Waals surface area contributed by atoms with Gasteiger partial charge in [0.1, 0.15) is 0 Å². The molecule has 0 bridgehead atoms. The Hall–Kier alpha value is -1.44. The molecule has 3 rings (SSSR count). The summed E-state index contributed by atoms with van der Waals surface area (Å²) in [7, 11) is 0. The maximum atomic E-state index is 4.85. The highest BCUT2D eigenvalue weighted by atomic mass is 14.9. The standard InChI is InChI=1S/C16H20N2/c1-3-14-13(12-5-4-6-12)9-16(18-14)15-8-7-11(2)10-17-15/h7-10,12,14H,3-6H2,1-2H3. The molecule has 0 N–H and O–H groups in total. The van der Waals surface area contributed by atoms with Crippen LogP contribution in [0.25, 0.3) is 0 Å². The predicted molar refractivity (Wildman–Crippen MR) is 75.0 cm³/mol. The second-order valence-corrected chi connectivity index (χ2v) is 5.43. The number of pyridine rings is 1. The number of rotatable bonds is 3. The fourth-order valence-corrected chi connectivity index (χ4v) is 2.75. The van der Waals surface area contributed by atoms with Crippen LogP contribution in [0.3, 0.4) is 0 Å². The summed E-state index contributed by atoms with van der Waals surface area (Å²) < 4.78 is 0. The average molecular weight is 240 g/mol. The van der Waals surface area contributed by atoms with Crippen LogP contribution in [0.1, 0.15) is 43.9 Å². The van der Waals surface area contributed by atoms with Crippen molar-refractivity contribution in [2.75, 3.05) is 0 Å². The SMILES string of the molecule is CCC1N=C(c2ccc(C)cn2)C=C1C1CCC1. The minimum Gasteiger partial charge on any atom is -0.275 e. The van der Waals surface area contributed by atoms with Gasteiger partial charge < -0.3 is 0 Å². The van der Waals surface area contributed by atoms with E-state index in [0.29, 0.717) is 6.04 Å². The number of hydrogen-bond acceptors (Lipinski definition) is 2. The van der Waals surface area contributed by atoms with Gasteiger partial charge in [0.2, 0.25) is 0 Å². The van der Waals surface area contributed by atoms with Gasteiger partial charge in [0.05, 0.1) is 17.4 Å². The molecule has 0 saturated heterocycles. The molecule has 1 aliphatic heterocycles. The molecule has 94 valence electrons. The highest BCUT2D eigenvalue weighted by Gasteiger charge is 2.30. The second kappa shape index (κ2) is 4.68. The molecule has 0 radical (unpaired) electrons. The summed E-state index contributed by atoms with van der Waals surface area (Å²) in [6, 6.07) is 4.61. The van der Waals surface area contributed by atoms with Crippen LogP contribution in [0.2, 0.25) is 0 Å². The summed E-state index contributed by atoms with van der Waals surface area (Å²) in [6.07, 6.45) is 9.43. The molecule has 1 atom stereocenters. The topological polar surface area (TPSA) is 25.2 Å². The highest BCUT2D eigenvalue weighted by molar-refractivity contribution is 6.09. The largest absolute Gasteiger partial charge is 0.275 e. The van der Waals surface area contributed by atoms with Crippen LogP contribution >= 0.6 is 0 Å². The molecule has 2 nitrogen and oxygen atoms in total. The van der Waals surface area contributed by atoms with Gasteiger partial charge in [-0.3, -0.25) is 9.98 Å². The van der Waals surface area contributed by atoms with Crippen molar-refractivity contribution in [3.63, 3.8) is 0 Å². The summed E-state index contributed by atoms with van der Waals surface area (Å²) >= 11 is 0. The fourth-order valence-electron chi connectivity index (χ4n) is 2.75. The first kappa shape index (κ1) is 11.6. The van der Waals surface area contributed by atoms with Crippen molar-refractivity contribution >= 4 is 5.71 Å². The van der Waals surface area contributed by atoms with E-state index in [0.717, 1.165) is 23.7 Å². The lowest BCUT2D eigenvalue weighted by molar-refractivity contribution is 0.352. The third-order valence-electron chi connectivity index (χ3n) is 4.12. The lowest BCUT2D eigenvalue weighted by Crippen LogP contribution is -2.19. The van der Waals surface area contributed by atoms with Crippen LogP contribution in [-0.2, 0) is 0 Å². The van der Waals surface area contributed by atoms with Crippen LogP contribution in [0.15, 0.2) is 35.0 Å². The Morgan fingerprint density at radius 3 is 2.67 bits per heavy atom. The zero-order valence-electron chi connectivity index (χ0n) is 11.2. The van der Waals surface area contributed by atoms with Crippen molar-refractivity contribution in [2.24, 2.45) is 10.9 Å². The van der Waals surface area contributed by atoms with E-state index >= 15 is 0 Å². The summed E-state index contributed by atoms with van der Waals surface area (Å²) in [6.45, 7) is 4.30. The van der Waals surface area contributed by atoms with Gasteiger partial charge in [-0.15, -0.1) is 0 Å². The first-order valence-corrected chi connectivity index (χ1v) is 7.00. The van der Waals surface area contributed by atoms with E-state index in [1.165, 1.54) is 24.8 Å². The summed E-state index contributed by atoms with van der Waals surface area (Å²) in [5.41, 5.74) is 4.87. The van der Waals surface area contributed by atoms with Gasteiger partial charge in [-0.1, -0.05) is 19.4 Å². The predicted octanol–water partition coefficient (Wildman–Crippen LogP) is 3.70. The normalized spacial score (nSPS) is 23.6. The summed E-state index contributed by atoms with van der Waals surface area (Å²) in [5, 5.41) is 0. The molecule has 1 aromatic rings. The zero-order chi connectivity index (χ0) is 12.5. The van der Waals surface area contributed by atoms with Crippen LogP contribution in [0.5, 0.6) is 0 Å². The summed E-state index contributed by atoms with van der Waals surface area (Å²) in [5.74, 6) is 0.793. The zero-order valence-corrected chi connectivity index (χ0v) is 11.2. The first-order chi connectivity index (χ1) is 8.78. The fraction of sp³-hybridized carbons (Fsp3) is 0.500. The molecule has 1 aliphatic carbocycles. The molecule has 0 aromatic carbocycles. The minimum absolute atomic E-state index is 0.411. The van der Waals surface area contributed by atoms with Crippen LogP contribution in [-0.4, -0.2) is 16.7 Å². The molecule has 0 spiro atoms. The molecule has 0 amide bonds. The van der Waals surface area contributed by atoms with Crippen molar-refractivity contribution < 1.29 is 0 Å². The molecule has 2 heteroatoms. The molecule has 18 heavy (non-hydrogen) atoms. The molecule has 2 heterocycles. The van der Waals surface area contributed by atoms with E-state index in [1.54, 1.807) is 5.57 Å². The molecular formula is C16H20N2. The van der Waals surface area contributed by atoms with Crippen molar-refractivity contribution in [3.8, 4) is 0 Å². The number of aromatic nitrogens is 1. The van der Waals surface area contributed by atoms with E-state index < -0.39 is 0 Å². The highest BCUT2D eigenvalue weighted by Crippen LogP contribution is 2.38. The molecule has 1 saturated carbocycles. The first-order valence-electron chi connectivity index (χ1n) is 7.00. The Balaban J connectivity index is 1.88. The van der Waals surface area contributed by atoms with Gasteiger partial charge >= 0.3 is 0 Å². The lowest BCUT2D eigenvalue weighted by Gasteiger charge is -2.29. The van der Waals surface area contributed by atoms with E-state index in [2.05, 4.69) is 37.0 Å². The van der Waals surface area contributed by atoms with Crippen molar-refractivity contribution in [2.45, 2.75) is 45.6 Å². The van der Waals surface area contributed by atoms with Gasteiger partial charge in [-0.2, -0.15) is 0 Å². The monoisotopic (exact) mass is 240 g/mol. The molecule has 1 aromatic heterocycles. The molecule has 1 fully saturated rings. The van der Waals surface area contributed by atoms with Crippen LogP contribution in [0.4, 0.5) is 0 Å². The number of aliphatic imine (C=N–C) groups is 1. The van der Waals surface area contributed by atoms with E-state index in [9.17, 15) is 0 Å². The molecular weight excluding hydrogens is 220 g/mol. The Labute approximate surface area is 109 Å². The maximum absolute atomic E-state index is 4.85.